The van der Waals surface area contributed by atoms with Crippen molar-refractivity contribution in [2.45, 2.75) is 25.5 Å². The minimum atomic E-state index is -0.372. The SMILES string of the molecule is CN(C)C(=O)OC1CCN(C(=O)Cn2c(=O)sc3ccc(Cl)cc32)CC1. The van der Waals surface area contributed by atoms with Crippen molar-refractivity contribution in [1.29, 1.82) is 0 Å². The van der Waals surface area contributed by atoms with Crippen molar-refractivity contribution in [1.82, 2.24) is 14.4 Å². The highest BCUT2D eigenvalue weighted by Crippen LogP contribution is 2.22. The summed E-state index contributed by atoms with van der Waals surface area (Å²) < 4.78 is 7.63. The average Bonchev–Trinajstić information content (AvgIpc) is 2.90. The first-order valence-corrected chi connectivity index (χ1v) is 9.49. The zero-order valence-corrected chi connectivity index (χ0v) is 16.2. The Morgan fingerprint density at radius 1 is 1.31 bits per heavy atom. The summed E-state index contributed by atoms with van der Waals surface area (Å²) in [5, 5.41) is 0.528. The molecule has 7 nitrogen and oxygen atoms in total. The van der Waals surface area contributed by atoms with Crippen LogP contribution in [0, 0.1) is 0 Å². The fraction of sp³-hybridized carbons (Fsp3) is 0.471. The highest BCUT2D eigenvalue weighted by Gasteiger charge is 2.26. The van der Waals surface area contributed by atoms with Gasteiger partial charge in [0.15, 0.2) is 0 Å². The van der Waals surface area contributed by atoms with Crippen molar-refractivity contribution in [3.8, 4) is 0 Å². The fourth-order valence-corrected chi connectivity index (χ4v) is 3.93. The van der Waals surface area contributed by atoms with E-state index < -0.39 is 0 Å². The average molecular weight is 398 g/mol. The van der Waals surface area contributed by atoms with Crippen LogP contribution in [0.3, 0.4) is 0 Å². The maximum Gasteiger partial charge on any atom is 0.409 e. The van der Waals surface area contributed by atoms with E-state index in [1.54, 1.807) is 37.2 Å². The number of halogens is 1. The van der Waals surface area contributed by atoms with Gasteiger partial charge in [-0.05, 0) is 18.2 Å². The molecule has 26 heavy (non-hydrogen) atoms. The minimum Gasteiger partial charge on any atom is -0.446 e. The summed E-state index contributed by atoms with van der Waals surface area (Å²) in [4.78, 5) is 39.3. The summed E-state index contributed by atoms with van der Waals surface area (Å²) in [6.45, 7) is 0.991. The Hall–Kier alpha value is -2.06. The molecular formula is C17H20ClN3O4S. The molecule has 1 aliphatic rings. The number of carbonyl (C=O) groups excluding carboxylic acids is 2. The van der Waals surface area contributed by atoms with Crippen LogP contribution in [0.4, 0.5) is 4.79 Å². The van der Waals surface area contributed by atoms with E-state index in [2.05, 4.69) is 0 Å². The van der Waals surface area contributed by atoms with Crippen molar-refractivity contribution >= 4 is 45.2 Å². The van der Waals surface area contributed by atoms with E-state index in [0.717, 1.165) is 16.0 Å². The van der Waals surface area contributed by atoms with Crippen molar-refractivity contribution < 1.29 is 14.3 Å². The van der Waals surface area contributed by atoms with Gasteiger partial charge in [-0.25, -0.2) is 4.79 Å². The van der Waals surface area contributed by atoms with Gasteiger partial charge in [0, 0.05) is 45.0 Å². The molecular weight excluding hydrogens is 378 g/mol. The maximum atomic E-state index is 12.6. The number of carbonyl (C=O) groups is 2. The van der Waals surface area contributed by atoms with Crippen LogP contribution < -0.4 is 4.87 Å². The van der Waals surface area contributed by atoms with Crippen LogP contribution in [-0.4, -0.2) is 59.7 Å². The van der Waals surface area contributed by atoms with E-state index in [-0.39, 0.29) is 29.5 Å². The molecule has 0 spiro atoms. The number of aromatic nitrogens is 1. The Balaban J connectivity index is 1.63. The van der Waals surface area contributed by atoms with Crippen LogP contribution in [0.25, 0.3) is 10.2 Å². The molecule has 1 aromatic carbocycles. The van der Waals surface area contributed by atoms with Crippen molar-refractivity contribution in [3.05, 3.63) is 32.9 Å². The van der Waals surface area contributed by atoms with Gasteiger partial charge in [-0.3, -0.25) is 14.2 Å². The van der Waals surface area contributed by atoms with Crippen molar-refractivity contribution in [2.75, 3.05) is 27.2 Å². The first-order valence-electron chi connectivity index (χ1n) is 8.30. The van der Waals surface area contributed by atoms with Gasteiger partial charge in [-0.15, -0.1) is 0 Å². The number of likely N-dealkylation sites (tertiary alicyclic amines) is 1. The lowest BCUT2D eigenvalue weighted by Crippen LogP contribution is -2.44. The molecule has 2 amide bonds. The van der Waals surface area contributed by atoms with E-state index in [4.69, 9.17) is 16.3 Å². The summed E-state index contributed by atoms with van der Waals surface area (Å²) in [5.74, 6) is -0.121. The molecule has 1 saturated heterocycles. The van der Waals surface area contributed by atoms with Gasteiger partial charge < -0.3 is 14.5 Å². The monoisotopic (exact) mass is 397 g/mol. The molecule has 1 fully saturated rings. The fourth-order valence-electron chi connectivity index (χ4n) is 2.89. The van der Waals surface area contributed by atoms with Gasteiger partial charge in [0.05, 0.1) is 10.2 Å². The first kappa shape index (κ1) is 18.7. The molecule has 0 N–H and O–H groups in total. The molecule has 1 aliphatic heterocycles. The first-order chi connectivity index (χ1) is 12.3. The number of nitrogens with zero attached hydrogens (tertiary/aromatic N) is 3. The molecule has 0 unspecified atom stereocenters. The van der Waals surface area contributed by atoms with Crippen LogP contribution >= 0.6 is 22.9 Å². The number of benzene rings is 1. The zero-order valence-electron chi connectivity index (χ0n) is 14.6. The normalized spacial score (nSPS) is 15.3. The van der Waals surface area contributed by atoms with Gasteiger partial charge in [0.2, 0.25) is 5.91 Å². The van der Waals surface area contributed by atoms with E-state index >= 15 is 0 Å². The summed E-state index contributed by atoms with van der Waals surface area (Å²) in [5.41, 5.74) is 0.677. The van der Waals surface area contributed by atoms with E-state index in [0.29, 0.717) is 36.5 Å². The number of thiazole rings is 1. The summed E-state index contributed by atoms with van der Waals surface area (Å²) in [6, 6.07) is 5.22. The Morgan fingerprint density at radius 3 is 2.65 bits per heavy atom. The quantitative estimate of drug-likeness (QED) is 0.797. The standard InChI is InChI=1S/C17H20ClN3O4S/c1-19(2)16(23)25-12-5-7-20(8-6-12)15(22)10-21-13-9-11(18)3-4-14(13)26-17(21)24/h3-4,9,12H,5-8,10H2,1-2H3. The van der Waals surface area contributed by atoms with Crippen LogP contribution in [-0.2, 0) is 16.1 Å². The number of piperidine rings is 1. The topological polar surface area (TPSA) is 71.8 Å². The summed E-state index contributed by atoms with van der Waals surface area (Å²) in [6.07, 6.45) is 0.632. The Bertz CT molecular complexity index is 884. The predicted octanol–water partition coefficient (Wildman–Crippen LogP) is 2.41. The number of amides is 2. The van der Waals surface area contributed by atoms with Gasteiger partial charge >= 0.3 is 11.0 Å². The van der Waals surface area contributed by atoms with Crippen LogP contribution in [0.15, 0.2) is 23.0 Å². The maximum absolute atomic E-state index is 12.6. The minimum absolute atomic E-state index is 0.0126. The lowest BCUT2D eigenvalue weighted by Gasteiger charge is -2.32. The Kier molecular flexibility index (Phi) is 5.52. The largest absolute Gasteiger partial charge is 0.446 e. The lowest BCUT2D eigenvalue weighted by atomic mass is 10.1. The highest BCUT2D eigenvalue weighted by molar-refractivity contribution is 7.16. The Morgan fingerprint density at radius 2 is 2.00 bits per heavy atom. The number of hydrogen-bond acceptors (Lipinski definition) is 5. The second kappa shape index (κ2) is 7.67. The van der Waals surface area contributed by atoms with Gasteiger partial charge in [-0.1, -0.05) is 22.9 Å². The predicted molar refractivity (Wildman–Crippen MR) is 101 cm³/mol. The molecule has 3 rings (SSSR count). The lowest BCUT2D eigenvalue weighted by molar-refractivity contribution is -0.133. The smallest absolute Gasteiger partial charge is 0.409 e. The van der Waals surface area contributed by atoms with Crippen LogP contribution in [0.2, 0.25) is 5.02 Å². The highest BCUT2D eigenvalue weighted by atomic mass is 35.5. The Labute approximate surface area is 159 Å². The second-order valence-corrected chi connectivity index (χ2v) is 7.85. The van der Waals surface area contributed by atoms with Crippen LogP contribution in [0.1, 0.15) is 12.8 Å². The molecule has 0 bridgehead atoms. The molecule has 2 aromatic rings. The zero-order chi connectivity index (χ0) is 18.8. The van der Waals surface area contributed by atoms with Crippen LogP contribution in [0.5, 0.6) is 0 Å². The molecule has 1 aromatic heterocycles. The molecule has 0 aliphatic carbocycles. The van der Waals surface area contributed by atoms with Crippen molar-refractivity contribution in [3.63, 3.8) is 0 Å². The third-order valence-electron chi connectivity index (χ3n) is 4.35. The van der Waals surface area contributed by atoms with Crippen molar-refractivity contribution in [2.24, 2.45) is 0 Å². The molecule has 0 radical (unpaired) electrons. The van der Waals surface area contributed by atoms with Gasteiger partial charge in [0.1, 0.15) is 12.6 Å². The third-order valence-corrected chi connectivity index (χ3v) is 5.55. The number of fused-ring (bicyclic) bond motifs is 1. The van der Waals surface area contributed by atoms with E-state index in [1.807, 2.05) is 0 Å². The van der Waals surface area contributed by atoms with Gasteiger partial charge in [-0.2, -0.15) is 0 Å². The number of rotatable bonds is 3. The van der Waals surface area contributed by atoms with E-state index in [9.17, 15) is 14.4 Å². The molecule has 0 atom stereocenters. The van der Waals surface area contributed by atoms with E-state index in [1.165, 1.54) is 9.47 Å². The van der Waals surface area contributed by atoms with Gasteiger partial charge in [0.25, 0.3) is 0 Å². The second-order valence-electron chi connectivity index (χ2n) is 6.42. The molecule has 9 heteroatoms. The molecule has 140 valence electrons. The summed E-state index contributed by atoms with van der Waals surface area (Å²) >= 11 is 7.12. The third kappa shape index (κ3) is 4.02. The molecule has 0 saturated carbocycles. The number of hydrogen-bond donors (Lipinski definition) is 0. The molecule has 2 heterocycles. The summed E-state index contributed by atoms with van der Waals surface area (Å²) in [7, 11) is 3.27. The number of ether oxygens (including phenoxy) is 1.